The van der Waals surface area contributed by atoms with Crippen LogP contribution >= 0.6 is 22.9 Å². The van der Waals surface area contributed by atoms with Crippen LogP contribution < -0.4 is 5.32 Å². The Morgan fingerprint density at radius 3 is 2.61 bits per heavy atom. The molecule has 0 saturated carbocycles. The monoisotopic (exact) mass is 410 g/mol. The topological polar surface area (TPSA) is 50.7 Å². The predicted molar refractivity (Wildman–Crippen MR) is 116 cm³/mol. The third-order valence-corrected chi connectivity index (χ3v) is 6.02. The Balaban J connectivity index is 1.84. The van der Waals surface area contributed by atoms with Crippen molar-refractivity contribution in [2.24, 2.45) is 4.99 Å². The molecule has 1 aliphatic heterocycles. The summed E-state index contributed by atoms with van der Waals surface area (Å²) in [5, 5.41) is 4.86. The Kier molecular flexibility index (Phi) is 5.46. The van der Waals surface area contributed by atoms with Gasteiger partial charge < -0.3 is 10.1 Å². The second kappa shape index (κ2) is 8.17. The number of hydrogen-bond donors (Lipinski definition) is 1. The molecule has 0 fully saturated rings. The van der Waals surface area contributed by atoms with Gasteiger partial charge in [0.1, 0.15) is 5.00 Å². The van der Waals surface area contributed by atoms with Gasteiger partial charge in [-0.25, -0.2) is 4.79 Å². The van der Waals surface area contributed by atoms with Crippen LogP contribution in [0.1, 0.15) is 32.8 Å². The number of nitrogens with zero attached hydrogens (tertiary/aromatic N) is 1. The smallest absolute Gasteiger partial charge is 0.341 e. The zero-order valence-electron chi connectivity index (χ0n) is 15.4. The fourth-order valence-corrected chi connectivity index (χ4v) is 4.72. The number of halogens is 1. The molecule has 0 aliphatic carbocycles. The minimum absolute atomic E-state index is 0.326. The summed E-state index contributed by atoms with van der Waals surface area (Å²) in [7, 11) is 1.42. The lowest BCUT2D eigenvalue weighted by atomic mass is 10.0. The standard InChI is InChI=1S/C22H19ClN2O2S/c1-27-22(26)18-17-8-5-13-24-19(14-9-11-15(23)12-10-14)20(17)28-21(18)25-16-6-3-2-4-7-16/h2-4,6-7,9-12,25H,5,8,13H2,1H3. The number of hydrogen-bond acceptors (Lipinski definition) is 5. The number of benzene rings is 2. The van der Waals surface area contributed by atoms with E-state index in [1.165, 1.54) is 7.11 Å². The van der Waals surface area contributed by atoms with Gasteiger partial charge in [0, 0.05) is 22.8 Å². The summed E-state index contributed by atoms with van der Waals surface area (Å²) in [6, 6.07) is 17.5. The van der Waals surface area contributed by atoms with Crippen molar-refractivity contribution in [3.8, 4) is 0 Å². The van der Waals surface area contributed by atoms with E-state index in [9.17, 15) is 4.79 Å². The van der Waals surface area contributed by atoms with E-state index in [0.29, 0.717) is 10.6 Å². The fraction of sp³-hybridized carbons (Fsp3) is 0.182. The molecule has 142 valence electrons. The minimum atomic E-state index is -0.326. The molecule has 0 unspecified atom stereocenters. The molecule has 4 rings (SSSR count). The van der Waals surface area contributed by atoms with Crippen LogP contribution in [0, 0.1) is 0 Å². The van der Waals surface area contributed by atoms with E-state index < -0.39 is 0 Å². The average molecular weight is 411 g/mol. The van der Waals surface area contributed by atoms with Crippen LogP contribution in [0.4, 0.5) is 10.7 Å². The van der Waals surface area contributed by atoms with Gasteiger partial charge in [0.05, 0.1) is 23.3 Å². The molecular weight excluding hydrogens is 392 g/mol. The van der Waals surface area contributed by atoms with E-state index in [1.807, 2.05) is 54.6 Å². The number of esters is 1. The van der Waals surface area contributed by atoms with Crippen LogP contribution in [0.2, 0.25) is 5.02 Å². The molecule has 2 aromatic carbocycles. The molecule has 0 amide bonds. The highest BCUT2D eigenvalue weighted by Gasteiger charge is 2.28. The van der Waals surface area contributed by atoms with Gasteiger partial charge in [-0.2, -0.15) is 0 Å². The number of carbonyl (C=O) groups excluding carboxylic acids is 1. The van der Waals surface area contributed by atoms with E-state index in [1.54, 1.807) is 11.3 Å². The van der Waals surface area contributed by atoms with Gasteiger partial charge >= 0.3 is 5.97 Å². The summed E-state index contributed by atoms with van der Waals surface area (Å²) in [6.07, 6.45) is 1.67. The van der Waals surface area contributed by atoms with Crippen molar-refractivity contribution in [3.63, 3.8) is 0 Å². The van der Waals surface area contributed by atoms with Crippen LogP contribution in [-0.2, 0) is 11.2 Å². The minimum Gasteiger partial charge on any atom is -0.465 e. The van der Waals surface area contributed by atoms with Crippen molar-refractivity contribution in [2.45, 2.75) is 12.8 Å². The number of fused-ring (bicyclic) bond motifs is 1. The zero-order chi connectivity index (χ0) is 19.5. The highest BCUT2D eigenvalue weighted by atomic mass is 35.5. The van der Waals surface area contributed by atoms with Gasteiger partial charge in [-0.3, -0.25) is 4.99 Å². The summed E-state index contributed by atoms with van der Waals surface area (Å²) in [4.78, 5) is 18.5. The van der Waals surface area contributed by atoms with E-state index in [-0.39, 0.29) is 5.97 Å². The number of ether oxygens (including phenoxy) is 1. The molecule has 6 heteroatoms. The highest BCUT2D eigenvalue weighted by Crippen LogP contribution is 2.39. The molecule has 4 nitrogen and oxygen atoms in total. The Morgan fingerprint density at radius 2 is 1.89 bits per heavy atom. The number of thiophene rings is 1. The summed E-state index contributed by atoms with van der Waals surface area (Å²) < 4.78 is 5.11. The van der Waals surface area contributed by atoms with Crippen LogP contribution in [0.5, 0.6) is 0 Å². The molecule has 3 aromatic rings. The molecular formula is C22H19ClN2O2S. The lowest BCUT2D eigenvalue weighted by Crippen LogP contribution is -2.08. The van der Waals surface area contributed by atoms with Crippen molar-refractivity contribution in [1.29, 1.82) is 0 Å². The van der Waals surface area contributed by atoms with Crippen molar-refractivity contribution in [3.05, 3.63) is 81.2 Å². The predicted octanol–water partition coefficient (Wildman–Crippen LogP) is 5.72. The SMILES string of the molecule is COC(=O)c1c(Nc2ccccc2)sc2c1CCCN=C2c1ccc(Cl)cc1. The van der Waals surface area contributed by atoms with Gasteiger partial charge in [-0.05, 0) is 42.7 Å². The normalized spacial score (nSPS) is 13.3. The zero-order valence-corrected chi connectivity index (χ0v) is 16.9. The summed E-state index contributed by atoms with van der Waals surface area (Å²) in [5.74, 6) is -0.326. The molecule has 0 atom stereocenters. The van der Waals surface area contributed by atoms with Crippen molar-refractivity contribution in [1.82, 2.24) is 0 Å². The largest absolute Gasteiger partial charge is 0.465 e. The second-order valence-corrected chi connectivity index (χ2v) is 7.89. The molecule has 2 heterocycles. The van der Waals surface area contributed by atoms with E-state index in [2.05, 4.69) is 5.32 Å². The molecule has 0 bridgehead atoms. The van der Waals surface area contributed by atoms with Crippen molar-refractivity contribution < 1.29 is 9.53 Å². The average Bonchev–Trinajstić information content (AvgIpc) is 2.94. The van der Waals surface area contributed by atoms with E-state index in [0.717, 1.165) is 51.8 Å². The summed E-state index contributed by atoms with van der Waals surface area (Å²) in [5.41, 5.74) is 4.43. The number of nitrogens with one attached hydrogen (secondary N) is 1. The Bertz CT molecular complexity index is 1030. The summed E-state index contributed by atoms with van der Waals surface area (Å²) >= 11 is 7.60. The maximum atomic E-state index is 12.6. The third-order valence-electron chi connectivity index (χ3n) is 4.62. The lowest BCUT2D eigenvalue weighted by Gasteiger charge is -2.08. The number of aliphatic imine (C=N–C) groups is 1. The third kappa shape index (κ3) is 3.68. The first-order valence-electron chi connectivity index (χ1n) is 9.04. The Morgan fingerprint density at radius 1 is 1.14 bits per heavy atom. The lowest BCUT2D eigenvalue weighted by molar-refractivity contribution is 0.0601. The number of para-hydroxylation sites is 1. The number of rotatable bonds is 4. The molecule has 0 radical (unpaired) electrons. The van der Waals surface area contributed by atoms with Gasteiger partial charge in [0.15, 0.2) is 0 Å². The van der Waals surface area contributed by atoms with Crippen molar-refractivity contribution >= 4 is 45.3 Å². The van der Waals surface area contributed by atoms with Crippen LogP contribution in [0.3, 0.4) is 0 Å². The number of carbonyl (C=O) groups is 1. The van der Waals surface area contributed by atoms with E-state index in [4.69, 9.17) is 21.3 Å². The van der Waals surface area contributed by atoms with Gasteiger partial charge in [-0.15, -0.1) is 11.3 Å². The van der Waals surface area contributed by atoms with Gasteiger partial charge in [0.2, 0.25) is 0 Å². The fourth-order valence-electron chi connectivity index (χ4n) is 3.30. The quantitative estimate of drug-likeness (QED) is 0.560. The Labute approximate surface area is 172 Å². The first-order chi connectivity index (χ1) is 13.7. The molecule has 0 spiro atoms. The Hall–Kier alpha value is -2.63. The van der Waals surface area contributed by atoms with Crippen LogP contribution in [-0.4, -0.2) is 25.3 Å². The van der Waals surface area contributed by atoms with Crippen LogP contribution in [0.25, 0.3) is 0 Å². The number of anilines is 2. The molecule has 1 aromatic heterocycles. The molecule has 28 heavy (non-hydrogen) atoms. The first-order valence-corrected chi connectivity index (χ1v) is 10.2. The summed E-state index contributed by atoms with van der Waals surface area (Å²) in [6.45, 7) is 0.724. The first kappa shape index (κ1) is 18.7. The maximum Gasteiger partial charge on any atom is 0.341 e. The van der Waals surface area contributed by atoms with E-state index >= 15 is 0 Å². The van der Waals surface area contributed by atoms with Crippen molar-refractivity contribution in [2.75, 3.05) is 19.0 Å². The molecule has 0 saturated heterocycles. The maximum absolute atomic E-state index is 12.6. The van der Waals surface area contributed by atoms with Gasteiger partial charge in [0.25, 0.3) is 0 Å². The second-order valence-electron chi connectivity index (χ2n) is 6.44. The number of methoxy groups -OCH3 is 1. The highest BCUT2D eigenvalue weighted by molar-refractivity contribution is 7.19. The molecule has 1 aliphatic rings. The van der Waals surface area contributed by atoms with Crippen LogP contribution in [0.15, 0.2) is 59.6 Å². The van der Waals surface area contributed by atoms with Gasteiger partial charge in [-0.1, -0.05) is 41.9 Å². The molecule has 1 N–H and O–H groups in total.